The molecule has 2 rings (SSSR count). The quantitative estimate of drug-likeness (QED) is 0.858. The van der Waals surface area contributed by atoms with Crippen molar-refractivity contribution >= 4 is 11.7 Å². The predicted molar refractivity (Wildman–Crippen MR) is 72.5 cm³/mol. The van der Waals surface area contributed by atoms with Crippen LogP contribution in [0.1, 0.15) is 38.2 Å². The van der Waals surface area contributed by atoms with Gasteiger partial charge in [-0.25, -0.2) is 4.98 Å². The highest BCUT2D eigenvalue weighted by atomic mass is 16.2. The van der Waals surface area contributed by atoms with E-state index in [1.54, 1.807) is 6.20 Å². The monoisotopic (exact) mass is 247 g/mol. The number of pyridine rings is 1. The summed E-state index contributed by atoms with van der Waals surface area (Å²) in [6, 6.07) is 3.83. The van der Waals surface area contributed by atoms with Crippen LogP contribution in [0.15, 0.2) is 18.3 Å². The van der Waals surface area contributed by atoms with Gasteiger partial charge in [0.1, 0.15) is 5.82 Å². The zero-order valence-electron chi connectivity index (χ0n) is 11.1. The van der Waals surface area contributed by atoms with Gasteiger partial charge in [0.05, 0.1) is 5.54 Å². The number of carbonyl (C=O) groups excluding carboxylic acids is 1. The number of hydrogen-bond acceptors (Lipinski definition) is 3. The van der Waals surface area contributed by atoms with Crippen LogP contribution in [0.5, 0.6) is 0 Å². The lowest BCUT2D eigenvalue weighted by Gasteiger charge is -2.27. The molecule has 0 bridgehead atoms. The second-order valence-corrected chi connectivity index (χ2v) is 4.99. The minimum atomic E-state index is -0.390. The Labute approximate surface area is 108 Å². The van der Waals surface area contributed by atoms with Gasteiger partial charge in [-0.1, -0.05) is 19.4 Å². The fourth-order valence-corrected chi connectivity index (χ4v) is 2.60. The second kappa shape index (κ2) is 5.48. The second-order valence-electron chi connectivity index (χ2n) is 4.99. The summed E-state index contributed by atoms with van der Waals surface area (Å²) >= 11 is 0. The zero-order chi connectivity index (χ0) is 13.0. The molecule has 2 N–H and O–H groups in total. The number of anilines is 1. The van der Waals surface area contributed by atoms with Crippen LogP contribution in [-0.2, 0) is 4.79 Å². The first-order valence-corrected chi connectivity index (χ1v) is 6.66. The van der Waals surface area contributed by atoms with Crippen LogP contribution < -0.4 is 10.6 Å². The highest BCUT2D eigenvalue weighted by Gasteiger charge is 2.40. The smallest absolute Gasteiger partial charge is 0.245 e. The predicted octanol–water partition coefficient (Wildman–Crippen LogP) is 2.25. The standard InChI is InChI=1S/C14H21N3O/c1-3-7-14(8-5-10-16-14)13(18)17-12-11(2)6-4-9-15-12/h4,6,9,16H,3,5,7-8,10H2,1-2H3,(H,15,17,18). The molecule has 18 heavy (non-hydrogen) atoms. The number of aryl methyl sites for hydroxylation is 1. The third-order valence-electron chi connectivity index (χ3n) is 3.60. The fraction of sp³-hybridized carbons (Fsp3) is 0.571. The molecule has 0 aliphatic carbocycles. The minimum Gasteiger partial charge on any atom is -0.309 e. The van der Waals surface area contributed by atoms with Crippen molar-refractivity contribution in [3.8, 4) is 0 Å². The number of aromatic nitrogens is 1. The van der Waals surface area contributed by atoms with E-state index < -0.39 is 5.54 Å². The number of hydrogen-bond donors (Lipinski definition) is 2. The lowest BCUT2D eigenvalue weighted by Crippen LogP contribution is -2.50. The van der Waals surface area contributed by atoms with Crippen LogP contribution in [0.3, 0.4) is 0 Å². The normalized spacial score (nSPS) is 23.0. The van der Waals surface area contributed by atoms with Crippen molar-refractivity contribution in [2.24, 2.45) is 0 Å². The summed E-state index contributed by atoms with van der Waals surface area (Å²) in [5.41, 5.74) is 0.606. The Morgan fingerprint density at radius 1 is 1.61 bits per heavy atom. The maximum Gasteiger partial charge on any atom is 0.245 e. The average molecular weight is 247 g/mol. The Kier molecular flexibility index (Phi) is 3.97. The van der Waals surface area contributed by atoms with E-state index in [1.165, 1.54) is 0 Å². The number of carbonyl (C=O) groups is 1. The van der Waals surface area contributed by atoms with Gasteiger partial charge in [0.25, 0.3) is 0 Å². The molecule has 1 aromatic heterocycles. The summed E-state index contributed by atoms with van der Waals surface area (Å²) in [6.07, 6.45) is 5.57. The largest absolute Gasteiger partial charge is 0.309 e. The SMILES string of the molecule is CCCC1(C(=O)Nc2ncccc2C)CCCN1. The molecule has 0 saturated carbocycles. The van der Waals surface area contributed by atoms with E-state index in [4.69, 9.17) is 0 Å². The van der Waals surface area contributed by atoms with E-state index in [0.29, 0.717) is 5.82 Å². The van der Waals surface area contributed by atoms with Gasteiger partial charge in [-0.2, -0.15) is 0 Å². The van der Waals surface area contributed by atoms with Gasteiger partial charge in [-0.05, 0) is 44.4 Å². The number of nitrogens with one attached hydrogen (secondary N) is 2. The fourth-order valence-electron chi connectivity index (χ4n) is 2.60. The molecule has 1 unspecified atom stereocenters. The van der Waals surface area contributed by atoms with Crippen molar-refractivity contribution < 1.29 is 4.79 Å². The molecule has 1 aliphatic rings. The molecule has 1 atom stereocenters. The molecular weight excluding hydrogens is 226 g/mol. The molecule has 1 aromatic rings. The Balaban J connectivity index is 2.13. The van der Waals surface area contributed by atoms with Crippen molar-refractivity contribution in [2.45, 2.75) is 45.1 Å². The molecule has 2 heterocycles. The van der Waals surface area contributed by atoms with Crippen LogP contribution in [0.2, 0.25) is 0 Å². The summed E-state index contributed by atoms with van der Waals surface area (Å²) in [5, 5.41) is 6.34. The number of amides is 1. The summed E-state index contributed by atoms with van der Waals surface area (Å²) in [6.45, 7) is 4.99. The Bertz CT molecular complexity index is 425. The molecule has 4 heteroatoms. The lowest BCUT2D eigenvalue weighted by atomic mass is 9.91. The van der Waals surface area contributed by atoms with Crippen LogP contribution in [0, 0.1) is 6.92 Å². The first-order valence-electron chi connectivity index (χ1n) is 6.66. The van der Waals surface area contributed by atoms with E-state index in [9.17, 15) is 4.79 Å². The number of nitrogens with zero attached hydrogens (tertiary/aromatic N) is 1. The Morgan fingerprint density at radius 2 is 2.44 bits per heavy atom. The Morgan fingerprint density at radius 3 is 3.06 bits per heavy atom. The van der Waals surface area contributed by atoms with Gasteiger partial charge in [0.15, 0.2) is 0 Å². The molecule has 1 aliphatic heterocycles. The van der Waals surface area contributed by atoms with Crippen molar-refractivity contribution in [2.75, 3.05) is 11.9 Å². The summed E-state index contributed by atoms with van der Waals surface area (Å²) < 4.78 is 0. The molecule has 0 spiro atoms. The molecule has 1 saturated heterocycles. The molecule has 0 aromatic carbocycles. The Hall–Kier alpha value is -1.42. The molecule has 4 nitrogen and oxygen atoms in total. The molecule has 1 amide bonds. The maximum absolute atomic E-state index is 12.5. The maximum atomic E-state index is 12.5. The van der Waals surface area contributed by atoms with Crippen LogP contribution >= 0.6 is 0 Å². The van der Waals surface area contributed by atoms with Gasteiger partial charge < -0.3 is 10.6 Å². The van der Waals surface area contributed by atoms with E-state index >= 15 is 0 Å². The van der Waals surface area contributed by atoms with E-state index in [0.717, 1.165) is 37.8 Å². The molecule has 98 valence electrons. The third kappa shape index (κ3) is 2.53. The third-order valence-corrected chi connectivity index (χ3v) is 3.60. The highest BCUT2D eigenvalue weighted by molar-refractivity contribution is 5.98. The zero-order valence-corrected chi connectivity index (χ0v) is 11.1. The van der Waals surface area contributed by atoms with Crippen LogP contribution in [0.4, 0.5) is 5.82 Å². The minimum absolute atomic E-state index is 0.0589. The first kappa shape index (κ1) is 13.0. The molecular formula is C14H21N3O. The first-order chi connectivity index (χ1) is 8.68. The van der Waals surface area contributed by atoms with Crippen molar-refractivity contribution in [1.29, 1.82) is 0 Å². The van der Waals surface area contributed by atoms with Gasteiger partial charge >= 0.3 is 0 Å². The van der Waals surface area contributed by atoms with Gasteiger partial charge in [-0.3, -0.25) is 4.79 Å². The topological polar surface area (TPSA) is 54.0 Å². The number of rotatable bonds is 4. The van der Waals surface area contributed by atoms with Crippen LogP contribution in [-0.4, -0.2) is 23.0 Å². The summed E-state index contributed by atoms with van der Waals surface area (Å²) in [5.74, 6) is 0.732. The van der Waals surface area contributed by atoms with Crippen LogP contribution in [0.25, 0.3) is 0 Å². The van der Waals surface area contributed by atoms with E-state index in [-0.39, 0.29) is 5.91 Å². The van der Waals surface area contributed by atoms with Crippen molar-refractivity contribution in [3.05, 3.63) is 23.9 Å². The average Bonchev–Trinajstić information content (AvgIpc) is 2.82. The van der Waals surface area contributed by atoms with Gasteiger partial charge in [-0.15, -0.1) is 0 Å². The van der Waals surface area contributed by atoms with E-state index in [2.05, 4.69) is 22.5 Å². The summed E-state index contributed by atoms with van der Waals surface area (Å²) in [7, 11) is 0. The lowest BCUT2D eigenvalue weighted by molar-refractivity contribution is -0.122. The summed E-state index contributed by atoms with van der Waals surface area (Å²) in [4.78, 5) is 16.7. The van der Waals surface area contributed by atoms with Crippen molar-refractivity contribution in [1.82, 2.24) is 10.3 Å². The van der Waals surface area contributed by atoms with E-state index in [1.807, 2.05) is 19.1 Å². The van der Waals surface area contributed by atoms with Gasteiger partial charge in [0.2, 0.25) is 5.91 Å². The highest BCUT2D eigenvalue weighted by Crippen LogP contribution is 2.26. The molecule has 0 radical (unpaired) electrons. The van der Waals surface area contributed by atoms with Crippen molar-refractivity contribution in [3.63, 3.8) is 0 Å². The van der Waals surface area contributed by atoms with Gasteiger partial charge in [0, 0.05) is 6.20 Å². The molecule has 1 fully saturated rings.